The molecular weight excluding hydrogens is 152 g/mol. The Morgan fingerprint density at radius 1 is 1.70 bits per heavy atom. The van der Waals surface area contributed by atoms with Gasteiger partial charge in [0.25, 0.3) is 0 Å². The van der Waals surface area contributed by atoms with E-state index in [9.17, 15) is 8.76 Å². The molecule has 1 aliphatic heterocycles. The largest absolute Gasteiger partial charge is 0.772 e. The topological polar surface area (TPSA) is 64.2 Å². The lowest BCUT2D eigenvalue weighted by Gasteiger charge is -2.28. The smallest absolute Gasteiger partial charge is 0.0317 e. The third-order valence-electron chi connectivity index (χ3n) is 1.48. The molecule has 1 fully saturated rings. The van der Waals surface area contributed by atoms with Crippen LogP contribution in [-0.2, 0) is 11.1 Å². The first-order chi connectivity index (χ1) is 4.79. The second kappa shape index (κ2) is 4.02. The molecule has 0 amide bonds. The average Bonchev–Trinajstić information content (AvgIpc) is 1.75. The van der Waals surface area contributed by atoms with Gasteiger partial charge < -0.3 is 15.2 Å². The molecule has 0 aliphatic carbocycles. The van der Waals surface area contributed by atoms with Crippen LogP contribution in [0.3, 0.4) is 0 Å². The Balaban J connectivity index is 1.89. The zero-order valence-corrected chi connectivity index (χ0v) is 6.45. The zero-order chi connectivity index (χ0) is 7.40. The standard InChI is InChI=1S/C5H12N2O2S/c8-10(9)2-1-7-5-3-6-4-5/h5-7H,1-4H2,(H,8,9)/p-1. The maximum atomic E-state index is 10.0. The summed E-state index contributed by atoms with van der Waals surface area (Å²) in [4.78, 5) is 0. The van der Waals surface area contributed by atoms with Crippen LogP contribution < -0.4 is 10.6 Å². The lowest BCUT2D eigenvalue weighted by Crippen LogP contribution is -2.55. The summed E-state index contributed by atoms with van der Waals surface area (Å²) in [6.45, 7) is 2.50. The summed E-state index contributed by atoms with van der Waals surface area (Å²) >= 11 is -1.89. The van der Waals surface area contributed by atoms with Crippen molar-refractivity contribution in [3.63, 3.8) is 0 Å². The molecule has 60 valence electrons. The van der Waals surface area contributed by atoms with Gasteiger partial charge in [-0.15, -0.1) is 0 Å². The maximum absolute atomic E-state index is 10.0. The highest BCUT2D eigenvalue weighted by atomic mass is 32.2. The van der Waals surface area contributed by atoms with E-state index in [1.165, 1.54) is 0 Å². The Morgan fingerprint density at radius 2 is 2.40 bits per heavy atom. The van der Waals surface area contributed by atoms with E-state index in [0.717, 1.165) is 13.1 Å². The molecule has 5 heteroatoms. The highest BCUT2D eigenvalue weighted by Gasteiger charge is 2.14. The van der Waals surface area contributed by atoms with Crippen LogP contribution in [-0.4, -0.2) is 40.2 Å². The summed E-state index contributed by atoms with van der Waals surface area (Å²) in [5, 5.41) is 6.18. The summed E-state index contributed by atoms with van der Waals surface area (Å²) in [5.74, 6) is 0.219. The first-order valence-electron chi connectivity index (χ1n) is 3.29. The Bertz CT molecular complexity index is 127. The van der Waals surface area contributed by atoms with Crippen molar-refractivity contribution < 1.29 is 8.76 Å². The minimum atomic E-state index is -1.89. The van der Waals surface area contributed by atoms with E-state index in [4.69, 9.17) is 0 Å². The molecule has 0 aromatic carbocycles. The van der Waals surface area contributed by atoms with Crippen molar-refractivity contribution in [1.29, 1.82) is 0 Å². The van der Waals surface area contributed by atoms with E-state index in [2.05, 4.69) is 10.6 Å². The number of hydrogen-bond donors (Lipinski definition) is 2. The molecule has 0 saturated carbocycles. The van der Waals surface area contributed by atoms with E-state index in [1.54, 1.807) is 0 Å². The molecule has 0 aromatic heterocycles. The second-order valence-electron chi connectivity index (χ2n) is 2.32. The van der Waals surface area contributed by atoms with Crippen LogP contribution in [0, 0.1) is 0 Å². The van der Waals surface area contributed by atoms with Gasteiger partial charge in [-0.05, 0) is 0 Å². The first-order valence-corrected chi connectivity index (χ1v) is 4.53. The van der Waals surface area contributed by atoms with Gasteiger partial charge >= 0.3 is 0 Å². The van der Waals surface area contributed by atoms with E-state index < -0.39 is 11.1 Å². The number of rotatable bonds is 4. The normalized spacial score (nSPS) is 22.1. The van der Waals surface area contributed by atoms with Crippen molar-refractivity contribution in [3.05, 3.63) is 0 Å². The van der Waals surface area contributed by atoms with Crippen molar-refractivity contribution in [1.82, 2.24) is 10.6 Å². The predicted octanol–water partition coefficient (Wildman–Crippen LogP) is -1.57. The second-order valence-corrected chi connectivity index (χ2v) is 3.33. The molecule has 0 bridgehead atoms. The summed E-state index contributed by atoms with van der Waals surface area (Å²) in [6.07, 6.45) is 0. The highest BCUT2D eigenvalue weighted by Crippen LogP contribution is 1.88. The first kappa shape index (κ1) is 8.13. The molecule has 0 radical (unpaired) electrons. The molecule has 1 unspecified atom stereocenters. The van der Waals surface area contributed by atoms with Crippen LogP contribution >= 0.6 is 0 Å². The van der Waals surface area contributed by atoms with E-state index in [1.807, 2.05) is 0 Å². The molecule has 0 aromatic rings. The number of hydrogen-bond acceptors (Lipinski definition) is 4. The van der Waals surface area contributed by atoms with E-state index >= 15 is 0 Å². The summed E-state index contributed by atoms with van der Waals surface area (Å²) in [5.41, 5.74) is 0. The van der Waals surface area contributed by atoms with Crippen LogP contribution in [0.25, 0.3) is 0 Å². The maximum Gasteiger partial charge on any atom is 0.0317 e. The monoisotopic (exact) mass is 163 g/mol. The van der Waals surface area contributed by atoms with Gasteiger partial charge in [0.15, 0.2) is 0 Å². The quantitative estimate of drug-likeness (QED) is 0.491. The SMILES string of the molecule is O=S([O-])CCNC1CNC1. The zero-order valence-electron chi connectivity index (χ0n) is 5.63. The third-order valence-corrected chi connectivity index (χ3v) is 2.02. The van der Waals surface area contributed by atoms with Crippen LogP contribution in [0.4, 0.5) is 0 Å². The molecule has 1 rings (SSSR count). The fourth-order valence-electron chi connectivity index (χ4n) is 0.779. The fraction of sp³-hybridized carbons (Fsp3) is 1.00. The van der Waals surface area contributed by atoms with E-state index in [-0.39, 0.29) is 5.75 Å². The van der Waals surface area contributed by atoms with Crippen molar-refractivity contribution >= 4 is 11.1 Å². The Kier molecular flexibility index (Phi) is 3.27. The summed E-state index contributed by atoms with van der Waals surface area (Å²) < 4.78 is 20.1. The minimum absolute atomic E-state index is 0.219. The average molecular weight is 163 g/mol. The van der Waals surface area contributed by atoms with Crippen LogP contribution in [0.5, 0.6) is 0 Å². The lowest BCUT2D eigenvalue weighted by molar-refractivity contribution is 0.373. The molecule has 1 aliphatic rings. The van der Waals surface area contributed by atoms with Gasteiger partial charge in [0.1, 0.15) is 0 Å². The van der Waals surface area contributed by atoms with Crippen molar-refractivity contribution in [2.75, 3.05) is 25.4 Å². The Hall–Kier alpha value is 0.0300. The summed E-state index contributed by atoms with van der Waals surface area (Å²) in [7, 11) is 0. The summed E-state index contributed by atoms with van der Waals surface area (Å²) in [6, 6.07) is 0.489. The molecule has 1 saturated heterocycles. The molecular formula is C5H11N2O2S-. The molecule has 0 spiro atoms. The van der Waals surface area contributed by atoms with Gasteiger partial charge in [-0.3, -0.25) is 4.21 Å². The van der Waals surface area contributed by atoms with Crippen LogP contribution in [0.1, 0.15) is 0 Å². The lowest BCUT2D eigenvalue weighted by atomic mass is 10.2. The van der Waals surface area contributed by atoms with Crippen LogP contribution in [0.2, 0.25) is 0 Å². The van der Waals surface area contributed by atoms with E-state index in [0.29, 0.717) is 12.6 Å². The van der Waals surface area contributed by atoms with Gasteiger partial charge in [0, 0.05) is 31.4 Å². The third kappa shape index (κ3) is 2.74. The predicted molar refractivity (Wildman–Crippen MR) is 38.4 cm³/mol. The van der Waals surface area contributed by atoms with Crippen molar-refractivity contribution in [2.24, 2.45) is 0 Å². The van der Waals surface area contributed by atoms with Crippen LogP contribution in [0.15, 0.2) is 0 Å². The Labute approximate surface area is 62.7 Å². The highest BCUT2D eigenvalue weighted by molar-refractivity contribution is 7.79. The fourth-order valence-corrected chi connectivity index (χ4v) is 1.06. The van der Waals surface area contributed by atoms with Gasteiger partial charge in [0.05, 0.1) is 0 Å². The molecule has 4 nitrogen and oxygen atoms in total. The Morgan fingerprint density at radius 3 is 2.80 bits per heavy atom. The minimum Gasteiger partial charge on any atom is -0.772 e. The van der Waals surface area contributed by atoms with Gasteiger partial charge in [-0.1, -0.05) is 11.1 Å². The molecule has 10 heavy (non-hydrogen) atoms. The van der Waals surface area contributed by atoms with Gasteiger partial charge in [0.2, 0.25) is 0 Å². The molecule has 1 atom stereocenters. The number of nitrogens with one attached hydrogen (secondary N) is 2. The van der Waals surface area contributed by atoms with Crippen molar-refractivity contribution in [3.8, 4) is 0 Å². The van der Waals surface area contributed by atoms with Crippen molar-refractivity contribution in [2.45, 2.75) is 6.04 Å². The molecule has 1 heterocycles. The van der Waals surface area contributed by atoms with Gasteiger partial charge in [-0.2, -0.15) is 0 Å². The van der Waals surface area contributed by atoms with Gasteiger partial charge in [-0.25, -0.2) is 0 Å². The molecule has 2 N–H and O–H groups in total.